The van der Waals surface area contributed by atoms with Crippen LogP contribution in [0.2, 0.25) is 0 Å². The van der Waals surface area contributed by atoms with E-state index in [4.69, 9.17) is 10.2 Å². The Morgan fingerprint density at radius 3 is 3.06 bits per heavy atom. The van der Waals surface area contributed by atoms with Gasteiger partial charge in [0.05, 0.1) is 17.2 Å². The topological polar surface area (TPSA) is 86.2 Å². The molecule has 5 nitrogen and oxygen atoms in total. The lowest BCUT2D eigenvalue weighted by Crippen LogP contribution is -2.26. The highest BCUT2D eigenvalue weighted by atomic mass is 32.2. The molecule has 17 heavy (non-hydrogen) atoms. The molecule has 0 bridgehead atoms. The van der Waals surface area contributed by atoms with E-state index in [9.17, 15) is 8.42 Å². The molecule has 1 aromatic heterocycles. The molecule has 6 heteroatoms. The van der Waals surface area contributed by atoms with Gasteiger partial charge in [0.25, 0.3) is 0 Å². The van der Waals surface area contributed by atoms with Crippen LogP contribution in [0.25, 0.3) is 0 Å². The molecule has 0 aromatic carbocycles. The molecule has 1 aliphatic heterocycles. The van der Waals surface area contributed by atoms with Gasteiger partial charge in [-0.05, 0) is 25.3 Å². The van der Waals surface area contributed by atoms with Gasteiger partial charge in [0.2, 0.25) is 0 Å². The predicted molar refractivity (Wildman–Crippen MR) is 64.3 cm³/mol. The van der Waals surface area contributed by atoms with Crippen LogP contribution in [0.3, 0.4) is 0 Å². The average molecular weight is 258 g/mol. The van der Waals surface area contributed by atoms with Gasteiger partial charge in [-0.2, -0.15) is 0 Å². The van der Waals surface area contributed by atoms with E-state index >= 15 is 0 Å². The highest BCUT2D eigenvalue weighted by Gasteiger charge is 2.26. The summed E-state index contributed by atoms with van der Waals surface area (Å²) >= 11 is 0. The molecule has 2 N–H and O–H groups in total. The van der Waals surface area contributed by atoms with Gasteiger partial charge in [-0.3, -0.25) is 0 Å². The monoisotopic (exact) mass is 258 g/mol. The fourth-order valence-electron chi connectivity index (χ4n) is 2.23. The smallest absolute Gasteiger partial charge is 0.194 e. The SMILES string of the molecule is NCCc1coc(CC2CCCS(=O)(=O)C2)n1. The zero-order valence-electron chi connectivity index (χ0n) is 9.76. The van der Waals surface area contributed by atoms with Crippen molar-refractivity contribution in [3.05, 3.63) is 17.8 Å². The van der Waals surface area contributed by atoms with Crippen LogP contribution in [0.15, 0.2) is 10.7 Å². The number of oxazole rings is 1. The lowest BCUT2D eigenvalue weighted by molar-refractivity contribution is 0.416. The van der Waals surface area contributed by atoms with Crippen molar-refractivity contribution < 1.29 is 12.8 Å². The van der Waals surface area contributed by atoms with Gasteiger partial charge in [0.1, 0.15) is 6.26 Å². The van der Waals surface area contributed by atoms with E-state index in [0.717, 1.165) is 18.5 Å². The van der Waals surface area contributed by atoms with Crippen molar-refractivity contribution in [2.75, 3.05) is 18.1 Å². The first-order valence-electron chi connectivity index (χ1n) is 5.93. The first-order chi connectivity index (χ1) is 8.09. The summed E-state index contributed by atoms with van der Waals surface area (Å²) in [4.78, 5) is 4.30. The first kappa shape index (κ1) is 12.6. The highest BCUT2D eigenvalue weighted by Crippen LogP contribution is 2.22. The summed E-state index contributed by atoms with van der Waals surface area (Å²) in [5, 5.41) is 0. The van der Waals surface area contributed by atoms with Gasteiger partial charge >= 0.3 is 0 Å². The van der Waals surface area contributed by atoms with Gasteiger partial charge in [-0.1, -0.05) is 0 Å². The van der Waals surface area contributed by atoms with Crippen LogP contribution in [0.5, 0.6) is 0 Å². The Hall–Kier alpha value is -0.880. The van der Waals surface area contributed by atoms with Crippen molar-refractivity contribution >= 4 is 9.84 Å². The van der Waals surface area contributed by atoms with Crippen LogP contribution < -0.4 is 5.73 Å². The zero-order chi connectivity index (χ0) is 12.3. The van der Waals surface area contributed by atoms with Crippen molar-refractivity contribution in [2.24, 2.45) is 11.7 Å². The van der Waals surface area contributed by atoms with Crippen LogP contribution >= 0.6 is 0 Å². The maximum Gasteiger partial charge on any atom is 0.194 e. The summed E-state index contributed by atoms with van der Waals surface area (Å²) in [6.07, 6.45) is 4.62. The standard InChI is InChI=1S/C11H18N2O3S/c12-4-3-10-7-16-11(13-10)6-9-2-1-5-17(14,15)8-9/h7,9H,1-6,8,12H2. The summed E-state index contributed by atoms with van der Waals surface area (Å²) in [5.74, 6) is 1.38. The van der Waals surface area contributed by atoms with Gasteiger partial charge < -0.3 is 10.2 Å². The van der Waals surface area contributed by atoms with Crippen LogP contribution in [-0.2, 0) is 22.7 Å². The second kappa shape index (κ2) is 5.18. The van der Waals surface area contributed by atoms with Crippen molar-refractivity contribution in [1.29, 1.82) is 0 Å². The molecule has 0 radical (unpaired) electrons. The molecule has 96 valence electrons. The minimum absolute atomic E-state index is 0.151. The normalized spacial score (nSPS) is 23.7. The Kier molecular flexibility index (Phi) is 3.83. The minimum Gasteiger partial charge on any atom is -0.449 e. The van der Waals surface area contributed by atoms with Crippen LogP contribution in [0.1, 0.15) is 24.4 Å². The van der Waals surface area contributed by atoms with E-state index in [2.05, 4.69) is 4.98 Å². The summed E-state index contributed by atoms with van der Waals surface area (Å²) < 4.78 is 28.3. The van der Waals surface area contributed by atoms with E-state index in [1.807, 2.05) is 0 Å². The second-order valence-corrected chi connectivity index (χ2v) is 6.83. The molecule has 1 fully saturated rings. The molecule has 1 aliphatic rings. The quantitative estimate of drug-likeness (QED) is 0.852. The second-order valence-electron chi connectivity index (χ2n) is 4.60. The lowest BCUT2D eigenvalue weighted by Gasteiger charge is -2.20. The van der Waals surface area contributed by atoms with Crippen LogP contribution in [0, 0.1) is 5.92 Å². The van der Waals surface area contributed by atoms with Crippen molar-refractivity contribution in [3.8, 4) is 0 Å². The van der Waals surface area contributed by atoms with E-state index in [0.29, 0.717) is 31.0 Å². The zero-order valence-corrected chi connectivity index (χ0v) is 10.6. The van der Waals surface area contributed by atoms with Gasteiger partial charge in [0, 0.05) is 12.8 Å². The largest absolute Gasteiger partial charge is 0.449 e. The Morgan fingerprint density at radius 2 is 2.35 bits per heavy atom. The number of nitrogens with two attached hydrogens (primary N) is 1. The third-order valence-electron chi connectivity index (χ3n) is 3.02. The van der Waals surface area contributed by atoms with E-state index in [-0.39, 0.29) is 11.7 Å². The molecular weight excluding hydrogens is 240 g/mol. The fraction of sp³-hybridized carbons (Fsp3) is 0.727. The van der Waals surface area contributed by atoms with Gasteiger partial charge in [0.15, 0.2) is 15.7 Å². The lowest BCUT2D eigenvalue weighted by atomic mass is 10.0. The van der Waals surface area contributed by atoms with E-state index < -0.39 is 9.84 Å². The maximum atomic E-state index is 11.5. The predicted octanol–water partition coefficient (Wildman–Crippen LogP) is 0.543. The van der Waals surface area contributed by atoms with Crippen LogP contribution in [0.4, 0.5) is 0 Å². The first-order valence-corrected chi connectivity index (χ1v) is 7.75. The van der Waals surface area contributed by atoms with Crippen molar-refractivity contribution in [3.63, 3.8) is 0 Å². The molecule has 2 rings (SSSR count). The molecule has 1 aromatic rings. The number of nitrogens with zero attached hydrogens (tertiary/aromatic N) is 1. The Morgan fingerprint density at radius 1 is 1.53 bits per heavy atom. The Bertz CT molecular complexity index is 467. The summed E-state index contributed by atoms with van der Waals surface area (Å²) in [6, 6.07) is 0. The number of hydrogen-bond donors (Lipinski definition) is 1. The Labute approximate surface area is 101 Å². The number of rotatable bonds is 4. The third-order valence-corrected chi connectivity index (χ3v) is 4.91. The van der Waals surface area contributed by atoms with Crippen LogP contribution in [-0.4, -0.2) is 31.5 Å². The Balaban J connectivity index is 1.95. The maximum absolute atomic E-state index is 11.5. The van der Waals surface area contributed by atoms with Crippen molar-refractivity contribution in [1.82, 2.24) is 4.98 Å². The summed E-state index contributed by atoms with van der Waals surface area (Å²) in [5.41, 5.74) is 6.28. The van der Waals surface area contributed by atoms with Crippen molar-refractivity contribution in [2.45, 2.75) is 25.7 Å². The average Bonchev–Trinajstić information content (AvgIpc) is 2.64. The number of sulfone groups is 1. The molecule has 1 atom stereocenters. The molecule has 0 aliphatic carbocycles. The molecular formula is C11H18N2O3S. The molecule has 0 spiro atoms. The molecule has 0 saturated carbocycles. The summed E-state index contributed by atoms with van der Waals surface area (Å²) in [6.45, 7) is 0.545. The number of aromatic nitrogens is 1. The highest BCUT2D eigenvalue weighted by molar-refractivity contribution is 7.91. The minimum atomic E-state index is -2.84. The summed E-state index contributed by atoms with van der Waals surface area (Å²) in [7, 11) is -2.84. The van der Waals surface area contributed by atoms with Gasteiger partial charge in [-0.15, -0.1) is 0 Å². The molecule has 1 saturated heterocycles. The molecule has 0 amide bonds. The fourth-order valence-corrected chi connectivity index (χ4v) is 4.01. The van der Waals surface area contributed by atoms with Gasteiger partial charge in [-0.25, -0.2) is 13.4 Å². The molecule has 2 heterocycles. The third kappa shape index (κ3) is 3.54. The number of hydrogen-bond acceptors (Lipinski definition) is 5. The molecule has 1 unspecified atom stereocenters. The van der Waals surface area contributed by atoms with E-state index in [1.165, 1.54) is 0 Å². The van der Waals surface area contributed by atoms with E-state index in [1.54, 1.807) is 6.26 Å².